The van der Waals surface area contributed by atoms with E-state index in [4.69, 9.17) is 10.2 Å². The van der Waals surface area contributed by atoms with Crippen molar-refractivity contribution in [3.8, 4) is 39.7 Å². The zero-order chi connectivity index (χ0) is 22.3. The molecule has 5 heterocycles. The van der Waals surface area contributed by atoms with Gasteiger partial charge in [0.05, 0.1) is 33.9 Å². The van der Waals surface area contributed by atoms with Crippen molar-refractivity contribution < 1.29 is 4.42 Å². The minimum absolute atomic E-state index is 0.199. The van der Waals surface area contributed by atoms with Gasteiger partial charge in [-0.3, -0.25) is 4.98 Å². The van der Waals surface area contributed by atoms with Gasteiger partial charge in [-0.2, -0.15) is 5.26 Å². The Bertz CT molecular complexity index is 1330. The molecule has 0 amide bonds. The van der Waals surface area contributed by atoms with Crippen LogP contribution in [-0.2, 0) is 18.4 Å². The molecule has 0 unspecified atom stereocenters. The van der Waals surface area contributed by atoms with E-state index >= 15 is 0 Å². The number of thiophene rings is 1. The molecule has 1 aliphatic heterocycles. The van der Waals surface area contributed by atoms with Gasteiger partial charge in [0.2, 0.25) is 0 Å². The molecule has 0 radical (unpaired) electrons. The van der Waals surface area contributed by atoms with Crippen LogP contribution in [0.2, 0.25) is 0 Å². The molecule has 0 aliphatic carbocycles. The van der Waals surface area contributed by atoms with Crippen molar-refractivity contribution in [1.29, 1.82) is 5.26 Å². The summed E-state index contributed by atoms with van der Waals surface area (Å²) < 4.78 is 5.93. The predicted octanol–water partition coefficient (Wildman–Crippen LogP) is 3.35. The molecule has 32 heavy (non-hydrogen) atoms. The fourth-order valence-corrected chi connectivity index (χ4v) is 4.56. The lowest BCUT2D eigenvalue weighted by molar-refractivity contribution is 0.583. The summed E-state index contributed by atoms with van der Waals surface area (Å²) in [5, 5.41) is 21.2. The summed E-state index contributed by atoms with van der Waals surface area (Å²) >= 11 is 1.67. The Morgan fingerprint density at radius 1 is 1.22 bits per heavy atom. The van der Waals surface area contributed by atoms with Crippen molar-refractivity contribution in [3.63, 3.8) is 0 Å². The molecular weight excluding hydrogens is 424 g/mol. The van der Waals surface area contributed by atoms with E-state index in [9.17, 15) is 5.26 Å². The van der Waals surface area contributed by atoms with Crippen molar-refractivity contribution in [2.75, 3.05) is 12.3 Å². The Morgan fingerprint density at radius 2 is 2.06 bits per heavy atom. The predicted molar refractivity (Wildman–Crippen MR) is 120 cm³/mol. The maximum Gasteiger partial charge on any atom is 0.270 e. The van der Waals surface area contributed by atoms with Crippen LogP contribution in [0.1, 0.15) is 30.0 Å². The van der Waals surface area contributed by atoms with Gasteiger partial charge in [0.15, 0.2) is 11.5 Å². The molecule has 0 atom stereocenters. The second-order valence-electron chi connectivity index (χ2n) is 8.05. The van der Waals surface area contributed by atoms with E-state index in [0.29, 0.717) is 23.0 Å². The zero-order valence-corrected chi connectivity index (χ0v) is 18.4. The lowest BCUT2D eigenvalue weighted by Crippen LogP contribution is -2.21. The average Bonchev–Trinajstić information content (AvgIpc) is 3.47. The van der Waals surface area contributed by atoms with Crippen molar-refractivity contribution in [3.05, 3.63) is 46.7 Å². The smallest absolute Gasteiger partial charge is 0.270 e. The maximum absolute atomic E-state index is 9.42. The van der Waals surface area contributed by atoms with E-state index < -0.39 is 5.41 Å². The summed E-state index contributed by atoms with van der Waals surface area (Å²) in [6.07, 6.45) is 4.23. The van der Waals surface area contributed by atoms with Gasteiger partial charge in [0, 0.05) is 29.7 Å². The van der Waals surface area contributed by atoms with Crippen LogP contribution in [0.3, 0.4) is 0 Å². The van der Waals surface area contributed by atoms with Crippen LogP contribution in [0.5, 0.6) is 0 Å². The van der Waals surface area contributed by atoms with Crippen molar-refractivity contribution in [1.82, 2.24) is 30.5 Å². The minimum Gasteiger partial charge on any atom is -0.414 e. The molecule has 0 saturated carbocycles. The molecular formula is C22H20N8OS. The number of nitrogens with one attached hydrogen (secondary N) is 1. The van der Waals surface area contributed by atoms with Gasteiger partial charge < -0.3 is 15.5 Å². The largest absolute Gasteiger partial charge is 0.414 e. The molecule has 9 nitrogen and oxygen atoms in total. The molecule has 0 aromatic carbocycles. The highest BCUT2D eigenvalue weighted by atomic mass is 32.1. The fraction of sp³-hybridized carbons (Fsp3) is 0.273. The molecule has 0 bridgehead atoms. The van der Waals surface area contributed by atoms with E-state index in [2.05, 4.69) is 42.6 Å². The molecule has 0 spiro atoms. The number of anilines is 1. The molecule has 1 aliphatic rings. The van der Waals surface area contributed by atoms with Crippen LogP contribution in [0.4, 0.5) is 5.82 Å². The lowest BCUT2D eigenvalue weighted by Gasteiger charge is -2.15. The Hall–Kier alpha value is -3.68. The number of fused-ring (bicyclic) bond motifs is 1. The molecule has 5 rings (SSSR count). The second kappa shape index (κ2) is 7.78. The van der Waals surface area contributed by atoms with E-state index in [0.717, 1.165) is 30.0 Å². The molecule has 4 aromatic heterocycles. The summed E-state index contributed by atoms with van der Waals surface area (Å²) in [6, 6.07) is 7.99. The third-order valence-electron chi connectivity index (χ3n) is 5.36. The summed E-state index contributed by atoms with van der Waals surface area (Å²) in [5.41, 5.74) is 8.94. The monoisotopic (exact) mass is 444 g/mol. The number of pyridine rings is 1. The lowest BCUT2D eigenvalue weighted by atomic mass is 9.90. The summed E-state index contributed by atoms with van der Waals surface area (Å²) in [5.74, 6) is 0.848. The molecule has 4 aromatic rings. The molecule has 0 fully saturated rings. The first-order chi connectivity index (χ1) is 15.4. The van der Waals surface area contributed by atoms with Gasteiger partial charge in [-0.15, -0.1) is 21.5 Å². The van der Waals surface area contributed by atoms with Crippen molar-refractivity contribution in [2.24, 2.45) is 0 Å². The molecule has 3 N–H and O–H groups in total. The van der Waals surface area contributed by atoms with E-state index in [-0.39, 0.29) is 11.7 Å². The van der Waals surface area contributed by atoms with Gasteiger partial charge >= 0.3 is 0 Å². The normalized spacial score (nSPS) is 13.5. The first kappa shape index (κ1) is 20.2. The quantitative estimate of drug-likeness (QED) is 0.485. The number of hydrogen-bond donors (Lipinski definition) is 2. The highest BCUT2D eigenvalue weighted by molar-refractivity contribution is 7.15. The van der Waals surface area contributed by atoms with Gasteiger partial charge in [0.25, 0.3) is 11.8 Å². The minimum atomic E-state index is -0.725. The second-order valence-corrected chi connectivity index (χ2v) is 9.19. The van der Waals surface area contributed by atoms with Crippen molar-refractivity contribution >= 4 is 17.2 Å². The summed E-state index contributed by atoms with van der Waals surface area (Å²) in [7, 11) is 0. The third-order valence-corrected chi connectivity index (χ3v) is 6.58. The fourth-order valence-electron chi connectivity index (χ4n) is 3.46. The van der Waals surface area contributed by atoms with Gasteiger partial charge in [-0.05, 0) is 44.0 Å². The van der Waals surface area contributed by atoms with Gasteiger partial charge in [0.1, 0.15) is 0 Å². The molecule has 10 heteroatoms. The van der Waals surface area contributed by atoms with E-state index in [1.165, 1.54) is 10.4 Å². The highest BCUT2D eigenvalue weighted by Gasteiger charge is 2.23. The number of nitriles is 1. The summed E-state index contributed by atoms with van der Waals surface area (Å²) in [6.45, 7) is 5.46. The number of nitrogen functional groups attached to an aromatic ring is 1. The number of nitrogens with zero attached hydrogens (tertiary/aromatic N) is 6. The number of rotatable bonds is 4. The summed E-state index contributed by atoms with van der Waals surface area (Å²) in [4.78, 5) is 15.5. The zero-order valence-electron chi connectivity index (χ0n) is 17.6. The first-order valence-electron chi connectivity index (χ1n) is 10.1. The van der Waals surface area contributed by atoms with Crippen LogP contribution < -0.4 is 11.1 Å². The van der Waals surface area contributed by atoms with Gasteiger partial charge in [-0.1, -0.05) is 0 Å². The van der Waals surface area contributed by atoms with Crippen LogP contribution >= 0.6 is 11.3 Å². The Labute approximate surface area is 188 Å². The van der Waals surface area contributed by atoms with Crippen molar-refractivity contribution in [2.45, 2.75) is 32.2 Å². The topological polar surface area (TPSA) is 139 Å². The first-order valence-corrected chi connectivity index (χ1v) is 10.9. The van der Waals surface area contributed by atoms with Crippen LogP contribution in [-0.4, -0.2) is 31.7 Å². The molecule has 0 saturated heterocycles. The highest BCUT2D eigenvalue weighted by Crippen LogP contribution is 2.34. The Balaban J connectivity index is 1.50. The number of nitrogens with two attached hydrogens (primary N) is 1. The van der Waals surface area contributed by atoms with Crippen LogP contribution in [0.15, 0.2) is 35.0 Å². The third kappa shape index (κ3) is 3.62. The standard InChI is InChI=1S/C22H20N8OS/c1-22(2,11-23)17-8-12(3-6-26-17)14-10-27-19(24)18(28-14)21-30-29-20(31-21)16-7-13-9-25-5-4-15(13)32-16/h3,6-8,10,25H,4-5,9H2,1-2H3,(H2,24,27). The maximum atomic E-state index is 9.42. The average molecular weight is 445 g/mol. The van der Waals surface area contributed by atoms with E-state index in [1.807, 2.05) is 26.0 Å². The number of aromatic nitrogens is 5. The van der Waals surface area contributed by atoms with Gasteiger partial charge in [-0.25, -0.2) is 9.97 Å². The molecule has 160 valence electrons. The number of hydrogen-bond acceptors (Lipinski definition) is 10. The van der Waals surface area contributed by atoms with Crippen LogP contribution in [0, 0.1) is 11.3 Å². The Kier molecular flexibility index (Phi) is 4.92. The van der Waals surface area contributed by atoms with E-state index in [1.54, 1.807) is 23.7 Å². The Morgan fingerprint density at radius 3 is 2.88 bits per heavy atom. The SMILES string of the molecule is CC(C)(C#N)c1cc(-c2cnc(N)c(-c3nnc(-c4cc5c(s4)CCNC5)o3)n2)ccn1. The van der Waals surface area contributed by atoms with Crippen LogP contribution in [0.25, 0.3) is 33.6 Å².